The minimum atomic E-state index is -0.601. The Morgan fingerprint density at radius 1 is 0.889 bits per heavy atom. The third-order valence-corrected chi connectivity index (χ3v) is 9.02. The van der Waals surface area contributed by atoms with Gasteiger partial charge in [-0.15, -0.1) is 0 Å². The number of aliphatic hydroxyl groups excluding tert-OH is 1. The van der Waals surface area contributed by atoms with Gasteiger partial charge in [-0.3, -0.25) is 14.4 Å². The third-order valence-electron chi connectivity index (χ3n) is 7.84. The average molecular weight is 629 g/mol. The molecule has 1 heterocycles. The summed E-state index contributed by atoms with van der Waals surface area (Å²) in [5, 5.41) is 15.9. The van der Waals surface area contributed by atoms with E-state index in [2.05, 4.69) is 22.8 Å². The highest BCUT2D eigenvalue weighted by atomic mass is 32.2. The number of carbonyl (C=O) groups excluding carboxylic acids is 3. The van der Waals surface area contributed by atoms with E-state index >= 15 is 0 Å². The number of hydrogen-bond donors (Lipinski definition) is 3. The van der Waals surface area contributed by atoms with Gasteiger partial charge < -0.3 is 20.5 Å². The van der Waals surface area contributed by atoms with Gasteiger partial charge in [-0.05, 0) is 48.8 Å². The predicted octanol–water partition coefficient (Wildman–Crippen LogP) is 5.27. The van der Waals surface area contributed by atoms with Crippen molar-refractivity contribution in [2.24, 2.45) is 11.8 Å². The van der Waals surface area contributed by atoms with Crippen LogP contribution in [-0.4, -0.2) is 53.9 Å². The van der Waals surface area contributed by atoms with Crippen LogP contribution in [0, 0.1) is 11.8 Å². The van der Waals surface area contributed by atoms with E-state index in [0.717, 1.165) is 16.9 Å². The van der Waals surface area contributed by atoms with Crippen LogP contribution >= 0.6 is 11.8 Å². The first-order valence-corrected chi connectivity index (χ1v) is 16.9. The molecule has 0 fully saturated rings. The second-order valence-electron chi connectivity index (χ2n) is 11.5. The Balaban J connectivity index is 1.44. The van der Waals surface area contributed by atoms with Crippen molar-refractivity contribution in [2.75, 3.05) is 19.0 Å². The molecule has 45 heavy (non-hydrogen) atoms. The highest BCUT2D eigenvalue weighted by Crippen LogP contribution is 2.20. The van der Waals surface area contributed by atoms with Gasteiger partial charge in [-0.2, -0.15) is 11.8 Å². The number of rotatable bonds is 12. The molecule has 2 amide bonds. The lowest BCUT2D eigenvalue weighted by atomic mass is 9.94. The summed E-state index contributed by atoms with van der Waals surface area (Å²) in [6.45, 7) is -0.138. The van der Waals surface area contributed by atoms with E-state index in [4.69, 9.17) is 4.74 Å². The molecule has 238 valence electrons. The molecule has 8 heteroatoms. The fourth-order valence-electron chi connectivity index (χ4n) is 5.38. The Labute approximate surface area is 270 Å². The van der Waals surface area contributed by atoms with Gasteiger partial charge >= 0.3 is 5.97 Å². The third kappa shape index (κ3) is 12.2. The molecule has 0 saturated carbocycles. The Morgan fingerprint density at radius 2 is 1.53 bits per heavy atom. The van der Waals surface area contributed by atoms with Crippen molar-refractivity contribution in [1.29, 1.82) is 0 Å². The summed E-state index contributed by atoms with van der Waals surface area (Å²) in [6, 6.07) is 28.8. The first kappa shape index (κ1) is 34.0. The number of ether oxygens (including phenoxy) is 1. The maximum atomic E-state index is 13.6. The number of aliphatic hydroxyl groups is 1. The lowest BCUT2D eigenvalue weighted by molar-refractivity contribution is -0.150. The first-order chi connectivity index (χ1) is 22.0. The van der Waals surface area contributed by atoms with Gasteiger partial charge in [0.2, 0.25) is 11.8 Å². The first-order valence-electron chi connectivity index (χ1n) is 15.7. The largest absolute Gasteiger partial charge is 0.463 e. The van der Waals surface area contributed by atoms with Crippen molar-refractivity contribution in [1.82, 2.24) is 10.6 Å². The van der Waals surface area contributed by atoms with Crippen LogP contribution in [0.1, 0.15) is 42.4 Å². The maximum Gasteiger partial charge on any atom is 0.309 e. The molecule has 0 radical (unpaired) electrons. The molecule has 4 unspecified atom stereocenters. The molecule has 0 aliphatic carbocycles. The van der Waals surface area contributed by atoms with Crippen molar-refractivity contribution in [3.63, 3.8) is 0 Å². The minimum absolute atomic E-state index is 0.0121. The smallest absolute Gasteiger partial charge is 0.309 e. The molecule has 0 spiro atoms. The maximum absolute atomic E-state index is 13.6. The second kappa shape index (κ2) is 18.8. The lowest BCUT2D eigenvalue weighted by Crippen LogP contribution is -2.46. The summed E-state index contributed by atoms with van der Waals surface area (Å²) < 4.78 is 5.85. The minimum Gasteiger partial charge on any atom is -0.463 e. The van der Waals surface area contributed by atoms with Crippen LogP contribution in [0.2, 0.25) is 0 Å². The predicted molar refractivity (Wildman–Crippen MR) is 179 cm³/mol. The summed E-state index contributed by atoms with van der Waals surface area (Å²) in [7, 11) is 0. The fourth-order valence-corrected chi connectivity index (χ4v) is 6.39. The number of cyclic esters (lactones) is 1. The number of esters is 1. The van der Waals surface area contributed by atoms with Crippen LogP contribution in [0.3, 0.4) is 0 Å². The zero-order valence-corrected chi connectivity index (χ0v) is 26.5. The van der Waals surface area contributed by atoms with Gasteiger partial charge in [-0.1, -0.05) is 103 Å². The van der Waals surface area contributed by atoms with Crippen LogP contribution in [0.4, 0.5) is 0 Å². The molecule has 4 atom stereocenters. The number of allylic oxidation sites excluding steroid dienone is 2. The Kier molecular flexibility index (Phi) is 14.2. The van der Waals surface area contributed by atoms with E-state index in [1.54, 1.807) is 11.8 Å². The van der Waals surface area contributed by atoms with E-state index in [0.29, 0.717) is 37.9 Å². The Morgan fingerprint density at radius 3 is 2.20 bits per heavy atom. The normalized spacial score (nSPS) is 20.1. The van der Waals surface area contributed by atoms with Crippen molar-refractivity contribution in [3.8, 4) is 0 Å². The molecule has 0 saturated heterocycles. The zero-order chi connectivity index (χ0) is 31.7. The summed E-state index contributed by atoms with van der Waals surface area (Å²) in [5.74, 6) is -0.384. The number of benzene rings is 3. The number of carbonyl (C=O) groups is 3. The van der Waals surface area contributed by atoms with Crippen molar-refractivity contribution in [3.05, 3.63) is 120 Å². The molecule has 7 nitrogen and oxygen atoms in total. The fraction of sp³-hybridized carbons (Fsp3) is 0.378. The summed E-state index contributed by atoms with van der Waals surface area (Å²) in [6.07, 6.45) is 6.68. The zero-order valence-electron chi connectivity index (χ0n) is 25.7. The number of thioether (sulfide) groups is 1. The molecule has 3 aromatic carbocycles. The van der Waals surface area contributed by atoms with Gasteiger partial charge in [0.15, 0.2) is 0 Å². The van der Waals surface area contributed by atoms with E-state index in [1.165, 1.54) is 5.56 Å². The highest BCUT2D eigenvalue weighted by Gasteiger charge is 2.27. The van der Waals surface area contributed by atoms with Crippen molar-refractivity contribution in [2.45, 2.75) is 56.4 Å². The van der Waals surface area contributed by atoms with Gasteiger partial charge in [0, 0.05) is 17.9 Å². The van der Waals surface area contributed by atoms with Gasteiger partial charge in [0.1, 0.15) is 6.61 Å². The Hall–Kier alpha value is -3.88. The molecule has 3 N–H and O–H groups in total. The van der Waals surface area contributed by atoms with Crippen molar-refractivity contribution >= 4 is 29.5 Å². The number of amides is 2. The number of hydrogen-bond acceptors (Lipinski definition) is 6. The summed E-state index contributed by atoms with van der Waals surface area (Å²) >= 11 is 1.66. The van der Waals surface area contributed by atoms with Crippen LogP contribution in [0.15, 0.2) is 103 Å². The van der Waals surface area contributed by atoms with E-state index < -0.39 is 18.0 Å². The van der Waals surface area contributed by atoms with E-state index in [1.807, 2.05) is 91.0 Å². The van der Waals surface area contributed by atoms with Crippen LogP contribution < -0.4 is 10.6 Å². The van der Waals surface area contributed by atoms with Gasteiger partial charge in [-0.25, -0.2) is 0 Å². The van der Waals surface area contributed by atoms with Crippen LogP contribution in [-0.2, 0) is 37.7 Å². The molecule has 1 aliphatic rings. The Bertz CT molecular complexity index is 1350. The van der Waals surface area contributed by atoms with Gasteiger partial charge in [0.25, 0.3) is 0 Å². The molecule has 0 aromatic heterocycles. The van der Waals surface area contributed by atoms with Crippen LogP contribution in [0.25, 0.3) is 0 Å². The monoisotopic (exact) mass is 628 g/mol. The average Bonchev–Trinajstić information content (AvgIpc) is 3.07. The quantitative estimate of drug-likeness (QED) is 0.187. The van der Waals surface area contributed by atoms with E-state index in [9.17, 15) is 19.5 Å². The molecular weight excluding hydrogens is 584 g/mol. The SMILES string of the molecule is O=C(CC1CC=CCCC(Cc2ccccc2)C(=O)OCC(CSCc2ccccc2)NC1=O)NC(CO)Cc1ccccc1. The molecule has 3 aromatic rings. The molecular formula is C37H44N2O5S. The lowest BCUT2D eigenvalue weighted by Gasteiger charge is -2.24. The topological polar surface area (TPSA) is 105 Å². The molecule has 4 rings (SSSR count). The van der Waals surface area contributed by atoms with Crippen LogP contribution in [0.5, 0.6) is 0 Å². The highest BCUT2D eigenvalue weighted by molar-refractivity contribution is 7.98. The second-order valence-corrected chi connectivity index (χ2v) is 12.6. The van der Waals surface area contributed by atoms with Gasteiger partial charge in [0.05, 0.1) is 30.5 Å². The number of nitrogens with one attached hydrogen (secondary N) is 2. The van der Waals surface area contributed by atoms with Crippen molar-refractivity contribution < 1.29 is 24.2 Å². The summed E-state index contributed by atoms with van der Waals surface area (Å²) in [4.78, 5) is 40.0. The molecule has 0 bridgehead atoms. The summed E-state index contributed by atoms with van der Waals surface area (Å²) in [5.41, 5.74) is 3.26. The van der Waals surface area contributed by atoms with E-state index in [-0.39, 0.29) is 43.3 Å². The standard InChI is InChI=1S/C37H44N2O5S/c40-24-33(22-29-15-7-2-8-16-29)38-35(41)23-31-19-11-4-12-20-32(21-28-13-5-1-6-14-28)37(43)44-25-34(39-36(31)42)27-45-26-30-17-9-3-10-18-30/h1-11,13-18,31-34,40H,12,19-27H2,(H,38,41)(H,39,42). The molecule has 1 aliphatic heterocycles.